The van der Waals surface area contributed by atoms with Gasteiger partial charge >= 0.3 is 0 Å². The third-order valence-corrected chi connectivity index (χ3v) is 4.72. The minimum atomic E-state index is -0.0716. The molecule has 2 aromatic carbocycles. The van der Waals surface area contributed by atoms with Gasteiger partial charge in [0.05, 0.1) is 18.9 Å². The number of carbonyl (C=O) groups is 1. The summed E-state index contributed by atoms with van der Waals surface area (Å²) in [6.07, 6.45) is 0. The molecule has 23 heavy (non-hydrogen) atoms. The number of ether oxygens (including phenoxy) is 1. The summed E-state index contributed by atoms with van der Waals surface area (Å²) in [5.74, 6) is 2.14. The molecule has 0 fully saturated rings. The standard InChI is InChI=1S/C19H23NO2S/c1-14-8-4-5-9-16(14)12-23-13-19(21)20-15(2)17-10-6-7-11-18(17)22-3/h4-11,15H,12-13H2,1-3H3,(H,20,21)/t15-/m0/s1. The fraction of sp³-hybridized carbons (Fsp3) is 0.316. The third kappa shape index (κ3) is 5.03. The maximum absolute atomic E-state index is 12.1. The van der Waals surface area contributed by atoms with Crippen LogP contribution in [0.3, 0.4) is 0 Å². The van der Waals surface area contributed by atoms with Gasteiger partial charge in [0.1, 0.15) is 5.75 Å². The summed E-state index contributed by atoms with van der Waals surface area (Å²) in [7, 11) is 1.64. The molecule has 0 radical (unpaired) electrons. The van der Waals surface area contributed by atoms with E-state index in [0.717, 1.165) is 17.1 Å². The van der Waals surface area contributed by atoms with Gasteiger partial charge in [-0.25, -0.2) is 0 Å². The van der Waals surface area contributed by atoms with Crippen LogP contribution in [0, 0.1) is 6.92 Å². The Morgan fingerprint density at radius 3 is 2.61 bits per heavy atom. The van der Waals surface area contributed by atoms with Crippen LogP contribution in [0.5, 0.6) is 5.75 Å². The average molecular weight is 329 g/mol. The zero-order valence-corrected chi connectivity index (χ0v) is 14.7. The molecule has 1 atom stereocenters. The van der Waals surface area contributed by atoms with Crippen molar-refractivity contribution in [3.63, 3.8) is 0 Å². The molecule has 1 amide bonds. The van der Waals surface area contributed by atoms with Crippen molar-refractivity contribution in [2.45, 2.75) is 25.6 Å². The molecule has 3 nitrogen and oxygen atoms in total. The van der Waals surface area contributed by atoms with Gasteiger partial charge in [-0.2, -0.15) is 0 Å². The van der Waals surface area contributed by atoms with E-state index >= 15 is 0 Å². The normalized spacial score (nSPS) is 11.8. The topological polar surface area (TPSA) is 38.3 Å². The van der Waals surface area contributed by atoms with E-state index < -0.39 is 0 Å². The van der Waals surface area contributed by atoms with Crippen molar-refractivity contribution in [1.82, 2.24) is 5.32 Å². The highest BCUT2D eigenvalue weighted by Crippen LogP contribution is 2.24. The molecule has 0 unspecified atom stereocenters. The minimum absolute atomic E-state index is 0.0435. The summed E-state index contributed by atoms with van der Waals surface area (Å²) in [6.45, 7) is 4.07. The summed E-state index contributed by atoms with van der Waals surface area (Å²) in [5, 5.41) is 3.03. The van der Waals surface area contributed by atoms with E-state index in [-0.39, 0.29) is 11.9 Å². The molecule has 0 aliphatic heterocycles. The molecule has 1 N–H and O–H groups in total. The molecule has 0 aliphatic carbocycles. The quantitative estimate of drug-likeness (QED) is 0.830. The average Bonchev–Trinajstić information content (AvgIpc) is 2.56. The van der Waals surface area contributed by atoms with Crippen LogP contribution < -0.4 is 10.1 Å². The number of hydrogen-bond donors (Lipinski definition) is 1. The van der Waals surface area contributed by atoms with Crippen LogP contribution in [-0.4, -0.2) is 18.8 Å². The van der Waals surface area contributed by atoms with Gasteiger partial charge in [-0.05, 0) is 31.0 Å². The molecule has 0 bridgehead atoms. The zero-order chi connectivity index (χ0) is 16.7. The first kappa shape index (κ1) is 17.4. The fourth-order valence-corrected chi connectivity index (χ4v) is 3.33. The maximum atomic E-state index is 12.1. The van der Waals surface area contributed by atoms with Crippen LogP contribution >= 0.6 is 11.8 Å². The van der Waals surface area contributed by atoms with Crippen LogP contribution in [0.15, 0.2) is 48.5 Å². The largest absolute Gasteiger partial charge is 0.496 e. The number of nitrogens with one attached hydrogen (secondary N) is 1. The van der Waals surface area contributed by atoms with Gasteiger partial charge in [-0.3, -0.25) is 4.79 Å². The van der Waals surface area contributed by atoms with Gasteiger partial charge in [0, 0.05) is 11.3 Å². The summed E-state index contributed by atoms with van der Waals surface area (Å²) in [4.78, 5) is 12.1. The first-order valence-electron chi connectivity index (χ1n) is 7.66. The number of aryl methyl sites for hydroxylation is 1. The number of hydrogen-bond acceptors (Lipinski definition) is 3. The molecule has 0 aliphatic rings. The molecule has 4 heteroatoms. The minimum Gasteiger partial charge on any atom is -0.496 e. The number of thioether (sulfide) groups is 1. The van der Waals surface area contributed by atoms with E-state index in [9.17, 15) is 4.79 Å². The van der Waals surface area contributed by atoms with Gasteiger partial charge in [0.15, 0.2) is 0 Å². The Hall–Kier alpha value is -1.94. The highest BCUT2D eigenvalue weighted by Gasteiger charge is 2.13. The first-order valence-corrected chi connectivity index (χ1v) is 8.82. The smallest absolute Gasteiger partial charge is 0.230 e. The molecule has 122 valence electrons. The van der Waals surface area contributed by atoms with Crippen molar-refractivity contribution in [3.05, 3.63) is 65.2 Å². The molecule has 0 heterocycles. The number of rotatable bonds is 7. The van der Waals surface area contributed by atoms with Crippen molar-refractivity contribution in [2.24, 2.45) is 0 Å². The van der Waals surface area contributed by atoms with Crippen molar-refractivity contribution in [3.8, 4) is 5.75 Å². The summed E-state index contributed by atoms with van der Waals surface area (Å²) < 4.78 is 5.34. The SMILES string of the molecule is COc1ccccc1[C@H](C)NC(=O)CSCc1ccccc1C. The third-order valence-electron chi connectivity index (χ3n) is 3.73. The number of carbonyl (C=O) groups excluding carboxylic acids is 1. The Morgan fingerprint density at radius 1 is 1.17 bits per heavy atom. The van der Waals surface area contributed by atoms with Crippen molar-refractivity contribution < 1.29 is 9.53 Å². The molecule has 0 saturated heterocycles. The second kappa shape index (κ2) is 8.63. The number of methoxy groups -OCH3 is 1. The predicted octanol–water partition coefficient (Wildman–Crippen LogP) is 4.11. The molecular formula is C19H23NO2S. The van der Waals surface area contributed by atoms with Crippen LogP contribution in [0.2, 0.25) is 0 Å². The van der Waals surface area contributed by atoms with Crippen molar-refractivity contribution in [1.29, 1.82) is 0 Å². The molecule has 2 aromatic rings. The Balaban J connectivity index is 1.84. The van der Waals surface area contributed by atoms with E-state index in [2.05, 4.69) is 24.4 Å². The Kier molecular flexibility index (Phi) is 6.53. The van der Waals surface area contributed by atoms with Crippen LogP contribution in [0.1, 0.15) is 29.7 Å². The van der Waals surface area contributed by atoms with Crippen molar-refractivity contribution >= 4 is 17.7 Å². The molecule has 0 saturated carbocycles. The fourth-order valence-electron chi connectivity index (χ4n) is 2.41. The summed E-state index contributed by atoms with van der Waals surface area (Å²) in [6, 6.07) is 16.0. The maximum Gasteiger partial charge on any atom is 0.230 e. The van der Waals surface area contributed by atoms with E-state index in [0.29, 0.717) is 5.75 Å². The highest BCUT2D eigenvalue weighted by molar-refractivity contribution is 7.99. The molecule has 0 aromatic heterocycles. The van der Waals surface area contributed by atoms with Crippen LogP contribution in [0.25, 0.3) is 0 Å². The lowest BCUT2D eigenvalue weighted by molar-refractivity contribution is -0.119. The molecule has 2 rings (SSSR count). The highest BCUT2D eigenvalue weighted by atomic mass is 32.2. The van der Waals surface area contributed by atoms with E-state index in [1.807, 2.05) is 43.3 Å². The van der Waals surface area contributed by atoms with Crippen molar-refractivity contribution in [2.75, 3.05) is 12.9 Å². The van der Waals surface area contributed by atoms with Gasteiger partial charge in [-0.1, -0.05) is 42.5 Å². The Morgan fingerprint density at radius 2 is 1.87 bits per heavy atom. The number of para-hydroxylation sites is 1. The van der Waals surface area contributed by atoms with E-state index in [1.165, 1.54) is 11.1 Å². The zero-order valence-electron chi connectivity index (χ0n) is 13.8. The second-order valence-corrected chi connectivity index (χ2v) is 6.44. The monoisotopic (exact) mass is 329 g/mol. The van der Waals surface area contributed by atoms with E-state index in [1.54, 1.807) is 18.9 Å². The lowest BCUT2D eigenvalue weighted by Crippen LogP contribution is -2.28. The van der Waals surface area contributed by atoms with E-state index in [4.69, 9.17) is 4.74 Å². The second-order valence-electron chi connectivity index (χ2n) is 5.45. The summed E-state index contributed by atoms with van der Waals surface area (Å²) in [5.41, 5.74) is 3.54. The number of benzene rings is 2. The Bertz CT molecular complexity index is 657. The van der Waals surface area contributed by atoms with Crippen LogP contribution in [-0.2, 0) is 10.5 Å². The number of amides is 1. The summed E-state index contributed by atoms with van der Waals surface area (Å²) >= 11 is 1.63. The lowest BCUT2D eigenvalue weighted by atomic mass is 10.1. The van der Waals surface area contributed by atoms with Gasteiger partial charge in [0.25, 0.3) is 0 Å². The molecular weight excluding hydrogens is 306 g/mol. The lowest BCUT2D eigenvalue weighted by Gasteiger charge is -2.17. The van der Waals surface area contributed by atoms with Gasteiger partial charge in [0.2, 0.25) is 5.91 Å². The molecule has 0 spiro atoms. The van der Waals surface area contributed by atoms with Crippen LogP contribution in [0.4, 0.5) is 0 Å². The van der Waals surface area contributed by atoms with Gasteiger partial charge < -0.3 is 10.1 Å². The first-order chi connectivity index (χ1) is 11.1. The van der Waals surface area contributed by atoms with Gasteiger partial charge in [-0.15, -0.1) is 11.8 Å². The Labute approximate surface area is 142 Å². The predicted molar refractivity (Wildman–Crippen MR) is 96.9 cm³/mol.